The van der Waals surface area contributed by atoms with Crippen molar-refractivity contribution in [2.45, 2.75) is 6.42 Å². The van der Waals surface area contributed by atoms with Gasteiger partial charge in [-0.2, -0.15) is 5.26 Å². The highest BCUT2D eigenvalue weighted by Gasteiger charge is 2.07. The summed E-state index contributed by atoms with van der Waals surface area (Å²) in [4.78, 5) is 8.24. The zero-order valence-corrected chi connectivity index (χ0v) is 13.6. The lowest BCUT2D eigenvalue weighted by Crippen LogP contribution is -2.31. The number of pyridine rings is 2. The van der Waals surface area contributed by atoms with E-state index in [1.807, 2.05) is 6.07 Å². The maximum atomic E-state index is 8.98. The van der Waals surface area contributed by atoms with Crippen molar-refractivity contribution in [1.29, 1.82) is 5.26 Å². The van der Waals surface area contributed by atoms with Crippen LogP contribution in [0.2, 0.25) is 10.0 Å². The van der Waals surface area contributed by atoms with Crippen molar-refractivity contribution in [3.63, 3.8) is 0 Å². The molecular formula is C14H11Cl2N5S. The van der Waals surface area contributed by atoms with Gasteiger partial charge in [0.1, 0.15) is 11.9 Å². The largest absolute Gasteiger partial charge is 0.362 e. The molecule has 0 spiro atoms. The van der Waals surface area contributed by atoms with Crippen LogP contribution in [0.3, 0.4) is 0 Å². The van der Waals surface area contributed by atoms with E-state index in [9.17, 15) is 0 Å². The van der Waals surface area contributed by atoms with Crippen LogP contribution >= 0.6 is 35.4 Å². The Morgan fingerprint density at radius 2 is 2.09 bits per heavy atom. The monoisotopic (exact) mass is 351 g/mol. The molecule has 0 saturated carbocycles. The van der Waals surface area contributed by atoms with Gasteiger partial charge in [0.25, 0.3) is 0 Å². The summed E-state index contributed by atoms with van der Waals surface area (Å²) in [6, 6.07) is 7.03. The lowest BCUT2D eigenvalue weighted by Gasteiger charge is -2.11. The highest BCUT2D eigenvalue weighted by molar-refractivity contribution is 7.80. The van der Waals surface area contributed by atoms with Gasteiger partial charge in [0, 0.05) is 25.4 Å². The van der Waals surface area contributed by atoms with E-state index < -0.39 is 0 Å². The lowest BCUT2D eigenvalue weighted by atomic mass is 10.2. The van der Waals surface area contributed by atoms with E-state index in [-0.39, 0.29) is 0 Å². The van der Waals surface area contributed by atoms with Gasteiger partial charge in [0.05, 0.1) is 21.3 Å². The molecule has 2 N–H and O–H groups in total. The Hall–Kier alpha value is -1.94. The first kappa shape index (κ1) is 16.4. The van der Waals surface area contributed by atoms with Gasteiger partial charge in [0.15, 0.2) is 5.11 Å². The molecule has 0 radical (unpaired) electrons. The Morgan fingerprint density at radius 3 is 2.86 bits per heavy atom. The summed E-state index contributed by atoms with van der Waals surface area (Å²) in [6.45, 7) is 0.521. The number of aromatic nitrogens is 2. The van der Waals surface area contributed by atoms with Crippen molar-refractivity contribution in [2.75, 3.05) is 11.9 Å². The third kappa shape index (κ3) is 4.28. The molecule has 0 aromatic carbocycles. The number of rotatable bonds is 4. The molecule has 2 heterocycles. The van der Waals surface area contributed by atoms with Crippen LogP contribution in [-0.4, -0.2) is 21.6 Å². The van der Waals surface area contributed by atoms with Gasteiger partial charge >= 0.3 is 0 Å². The lowest BCUT2D eigenvalue weighted by molar-refractivity contribution is 0.847. The first-order valence-corrected chi connectivity index (χ1v) is 7.47. The van der Waals surface area contributed by atoms with Gasteiger partial charge in [-0.3, -0.25) is 4.98 Å². The van der Waals surface area contributed by atoms with E-state index in [1.54, 1.807) is 30.6 Å². The Balaban J connectivity index is 1.88. The second-order valence-corrected chi connectivity index (χ2v) is 5.39. The van der Waals surface area contributed by atoms with Crippen LogP contribution in [0.5, 0.6) is 0 Å². The molecule has 0 amide bonds. The van der Waals surface area contributed by atoms with E-state index in [4.69, 9.17) is 40.7 Å². The zero-order valence-electron chi connectivity index (χ0n) is 11.3. The first-order valence-electron chi connectivity index (χ1n) is 6.30. The van der Waals surface area contributed by atoms with Crippen LogP contribution in [0.1, 0.15) is 11.3 Å². The fraction of sp³-hybridized carbons (Fsp3) is 0.143. The Labute approximate surface area is 143 Å². The average Bonchev–Trinajstić information content (AvgIpc) is 2.52. The van der Waals surface area contributed by atoms with Crippen LogP contribution in [-0.2, 0) is 6.42 Å². The fourth-order valence-electron chi connectivity index (χ4n) is 1.68. The molecule has 0 atom stereocenters. The number of thiocarbonyl (C=S) groups is 1. The maximum absolute atomic E-state index is 8.98. The molecule has 0 saturated heterocycles. The van der Waals surface area contributed by atoms with Gasteiger partial charge in [-0.15, -0.1) is 0 Å². The molecule has 0 fully saturated rings. The molecule has 0 unspecified atom stereocenters. The molecule has 0 aliphatic carbocycles. The van der Waals surface area contributed by atoms with Gasteiger partial charge in [0.2, 0.25) is 0 Å². The van der Waals surface area contributed by atoms with Crippen LogP contribution in [0.4, 0.5) is 5.82 Å². The van der Waals surface area contributed by atoms with E-state index in [0.29, 0.717) is 45.2 Å². The van der Waals surface area contributed by atoms with Crippen LogP contribution in [0, 0.1) is 11.3 Å². The number of hydrogen-bond acceptors (Lipinski definition) is 4. The molecule has 0 bridgehead atoms. The van der Waals surface area contributed by atoms with Crippen molar-refractivity contribution in [3.8, 4) is 6.07 Å². The molecule has 2 aromatic rings. The van der Waals surface area contributed by atoms with Crippen LogP contribution in [0.25, 0.3) is 0 Å². The Morgan fingerprint density at radius 1 is 1.27 bits per heavy atom. The second-order valence-electron chi connectivity index (χ2n) is 4.20. The molecule has 22 heavy (non-hydrogen) atoms. The third-order valence-corrected chi connectivity index (χ3v) is 3.80. The summed E-state index contributed by atoms with van der Waals surface area (Å²) in [6.07, 6.45) is 3.75. The molecule has 0 aliphatic rings. The number of nitrogens with one attached hydrogen (secondary N) is 2. The first-order chi connectivity index (χ1) is 10.6. The van der Waals surface area contributed by atoms with Gasteiger partial charge in [-0.25, -0.2) is 4.98 Å². The van der Waals surface area contributed by atoms with Gasteiger partial charge in [-0.05, 0) is 30.4 Å². The van der Waals surface area contributed by atoms with Gasteiger partial charge < -0.3 is 10.6 Å². The highest BCUT2D eigenvalue weighted by atomic mass is 35.5. The minimum Gasteiger partial charge on any atom is -0.362 e. The predicted molar refractivity (Wildman–Crippen MR) is 91.1 cm³/mol. The number of anilines is 1. The molecule has 0 aliphatic heterocycles. The third-order valence-electron chi connectivity index (χ3n) is 2.72. The van der Waals surface area contributed by atoms with Crippen molar-refractivity contribution in [3.05, 3.63) is 51.9 Å². The number of nitriles is 1. The quantitative estimate of drug-likeness (QED) is 0.824. The Kier molecular flexibility index (Phi) is 5.90. The number of nitrogens with zero attached hydrogens (tertiary/aromatic N) is 3. The summed E-state index contributed by atoms with van der Waals surface area (Å²) >= 11 is 17.2. The molecule has 2 rings (SSSR count). The molecular weight excluding hydrogens is 341 g/mol. The predicted octanol–water partition coefficient (Wildman–Crippen LogP) is 3.18. The van der Waals surface area contributed by atoms with E-state index in [1.165, 1.54) is 0 Å². The van der Waals surface area contributed by atoms with Crippen LogP contribution < -0.4 is 10.6 Å². The van der Waals surface area contributed by atoms with E-state index in [2.05, 4.69) is 20.6 Å². The summed E-state index contributed by atoms with van der Waals surface area (Å²) in [5.74, 6) is 0.418. The number of halogens is 2. The van der Waals surface area contributed by atoms with Crippen molar-refractivity contribution in [1.82, 2.24) is 15.3 Å². The average molecular weight is 352 g/mol. The van der Waals surface area contributed by atoms with E-state index in [0.717, 1.165) is 0 Å². The van der Waals surface area contributed by atoms with Crippen LogP contribution in [0.15, 0.2) is 30.6 Å². The molecule has 8 heteroatoms. The van der Waals surface area contributed by atoms with Crippen molar-refractivity contribution < 1.29 is 0 Å². The van der Waals surface area contributed by atoms with E-state index >= 15 is 0 Å². The minimum absolute atomic E-state index is 0.369. The minimum atomic E-state index is 0.369. The standard InChI is InChI=1S/C14H11Cl2N5S/c15-10-3-6-18-11(12(10)16)4-7-20-14(22)21-13-9(8-17)2-1-5-19-13/h1-3,5-6H,4,7H2,(H2,19,20,21,22). The molecule has 2 aromatic heterocycles. The van der Waals surface area contributed by atoms with Crippen molar-refractivity contribution in [2.24, 2.45) is 0 Å². The Bertz CT molecular complexity index is 729. The summed E-state index contributed by atoms with van der Waals surface area (Å²) in [5, 5.41) is 16.2. The maximum Gasteiger partial charge on any atom is 0.171 e. The van der Waals surface area contributed by atoms with Crippen molar-refractivity contribution >= 4 is 46.4 Å². The van der Waals surface area contributed by atoms with Gasteiger partial charge in [-0.1, -0.05) is 23.2 Å². The fourth-order valence-corrected chi connectivity index (χ4v) is 2.25. The second kappa shape index (κ2) is 7.90. The SMILES string of the molecule is N#Cc1cccnc1NC(=S)NCCc1nccc(Cl)c1Cl. The molecule has 112 valence electrons. The summed E-state index contributed by atoms with van der Waals surface area (Å²) in [5.41, 5.74) is 1.12. The normalized spacial score (nSPS) is 9.86. The molecule has 5 nitrogen and oxygen atoms in total. The summed E-state index contributed by atoms with van der Waals surface area (Å²) in [7, 11) is 0. The smallest absolute Gasteiger partial charge is 0.171 e. The summed E-state index contributed by atoms with van der Waals surface area (Å²) < 4.78 is 0. The zero-order chi connectivity index (χ0) is 15.9. The highest BCUT2D eigenvalue weighted by Crippen LogP contribution is 2.23. The number of hydrogen-bond donors (Lipinski definition) is 2. The topological polar surface area (TPSA) is 73.6 Å².